The number of nitrogens with one attached hydrogen (secondary N) is 1. The molecule has 1 atom stereocenters. The Bertz CT molecular complexity index is 181. The van der Waals surface area contributed by atoms with Crippen LogP contribution in [0.4, 0.5) is 0 Å². The van der Waals surface area contributed by atoms with Gasteiger partial charge in [0.25, 0.3) is 0 Å². The normalized spacial score (nSPS) is 13.8. The van der Waals surface area contributed by atoms with Crippen molar-refractivity contribution < 1.29 is 0 Å². The molecule has 3 nitrogen and oxygen atoms in total. The molecule has 1 N–H and O–H groups in total. The van der Waals surface area contributed by atoms with Crippen molar-refractivity contribution in [3.63, 3.8) is 0 Å². The maximum Gasteiger partial charge on any atom is 0.00789 e. The summed E-state index contributed by atoms with van der Waals surface area (Å²) in [4.78, 5) is 4.86. The van der Waals surface area contributed by atoms with Crippen LogP contribution in [0, 0.1) is 5.92 Å². The number of hydrogen-bond acceptors (Lipinski definition) is 3. The molecule has 0 aromatic rings. The van der Waals surface area contributed by atoms with Crippen LogP contribution in [0.1, 0.15) is 40.5 Å². The summed E-state index contributed by atoms with van der Waals surface area (Å²) >= 11 is 0. The van der Waals surface area contributed by atoms with Gasteiger partial charge in [-0.1, -0.05) is 20.8 Å². The first-order chi connectivity index (χ1) is 8.47. The molecule has 0 fully saturated rings. The molecule has 0 radical (unpaired) electrons. The van der Waals surface area contributed by atoms with Crippen LogP contribution in [0.2, 0.25) is 0 Å². The van der Waals surface area contributed by atoms with E-state index in [2.05, 4.69) is 56.9 Å². The maximum absolute atomic E-state index is 3.53. The van der Waals surface area contributed by atoms with E-state index in [0.717, 1.165) is 19.0 Å². The highest BCUT2D eigenvalue weighted by Crippen LogP contribution is 2.04. The van der Waals surface area contributed by atoms with Crippen molar-refractivity contribution in [3.8, 4) is 0 Å². The van der Waals surface area contributed by atoms with Crippen LogP contribution in [-0.2, 0) is 0 Å². The van der Waals surface area contributed by atoms with Gasteiger partial charge in [0.15, 0.2) is 0 Å². The highest BCUT2D eigenvalue weighted by Gasteiger charge is 2.11. The standard InChI is InChI=1S/C15H35N3/c1-7-18(12-8-11-17(5)6)15(4)9-10-16-13-14(2)3/h14-16H,7-13H2,1-6H3. The molecule has 0 aliphatic heterocycles. The Kier molecular flexibility index (Phi) is 10.7. The van der Waals surface area contributed by atoms with Crippen LogP contribution in [0.25, 0.3) is 0 Å². The Morgan fingerprint density at radius 1 is 1.06 bits per heavy atom. The topological polar surface area (TPSA) is 18.5 Å². The summed E-state index contributed by atoms with van der Waals surface area (Å²) in [6.45, 7) is 15.0. The summed E-state index contributed by atoms with van der Waals surface area (Å²) in [7, 11) is 4.30. The largest absolute Gasteiger partial charge is 0.316 e. The van der Waals surface area contributed by atoms with E-state index in [1.807, 2.05) is 0 Å². The van der Waals surface area contributed by atoms with Crippen LogP contribution >= 0.6 is 0 Å². The lowest BCUT2D eigenvalue weighted by Crippen LogP contribution is -2.37. The first kappa shape index (κ1) is 17.9. The number of nitrogens with zero attached hydrogens (tertiary/aromatic N) is 2. The Balaban J connectivity index is 3.71. The Morgan fingerprint density at radius 2 is 1.72 bits per heavy atom. The van der Waals surface area contributed by atoms with Crippen molar-refractivity contribution in [2.24, 2.45) is 5.92 Å². The minimum atomic E-state index is 0.692. The lowest BCUT2D eigenvalue weighted by atomic mass is 10.1. The molecule has 0 saturated carbocycles. The van der Waals surface area contributed by atoms with E-state index in [4.69, 9.17) is 0 Å². The summed E-state index contributed by atoms with van der Waals surface area (Å²) in [5.74, 6) is 0.752. The van der Waals surface area contributed by atoms with E-state index in [-0.39, 0.29) is 0 Å². The summed E-state index contributed by atoms with van der Waals surface area (Å²) in [5.41, 5.74) is 0. The first-order valence-corrected chi connectivity index (χ1v) is 7.56. The molecule has 0 aromatic carbocycles. The SMILES string of the molecule is CCN(CCCN(C)C)C(C)CCNCC(C)C. The summed E-state index contributed by atoms with van der Waals surface area (Å²) in [5, 5.41) is 3.53. The van der Waals surface area contributed by atoms with Crippen molar-refractivity contribution >= 4 is 0 Å². The van der Waals surface area contributed by atoms with Crippen LogP contribution in [0.5, 0.6) is 0 Å². The second-order valence-electron chi connectivity index (χ2n) is 6.02. The second-order valence-corrected chi connectivity index (χ2v) is 6.02. The average Bonchev–Trinajstić information content (AvgIpc) is 2.29. The van der Waals surface area contributed by atoms with Crippen LogP contribution in [-0.4, -0.2) is 62.7 Å². The number of hydrogen-bond donors (Lipinski definition) is 1. The molecule has 3 heteroatoms. The molecule has 0 saturated heterocycles. The fraction of sp³-hybridized carbons (Fsp3) is 1.00. The highest BCUT2D eigenvalue weighted by molar-refractivity contribution is 4.68. The third kappa shape index (κ3) is 9.86. The van der Waals surface area contributed by atoms with Gasteiger partial charge in [-0.25, -0.2) is 0 Å². The molecule has 0 bridgehead atoms. The van der Waals surface area contributed by atoms with E-state index >= 15 is 0 Å². The van der Waals surface area contributed by atoms with Gasteiger partial charge >= 0.3 is 0 Å². The quantitative estimate of drug-likeness (QED) is 0.573. The van der Waals surface area contributed by atoms with Crippen molar-refractivity contribution in [2.75, 3.05) is 46.8 Å². The van der Waals surface area contributed by atoms with Crippen molar-refractivity contribution in [1.82, 2.24) is 15.1 Å². The predicted molar refractivity (Wildman–Crippen MR) is 82.2 cm³/mol. The maximum atomic E-state index is 3.53. The minimum absolute atomic E-state index is 0.692. The van der Waals surface area contributed by atoms with E-state index < -0.39 is 0 Å². The monoisotopic (exact) mass is 257 g/mol. The van der Waals surface area contributed by atoms with Gasteiger partial charge in [-0.2, -0.15) is 0 Å². The fourth-order valence-corrected chi connectivity index (χ4v) is 2.16. The smallest absolute Gasteiger partial charge is 0.00789 e. The third-order valence-electron chi connectivity index (χ3n) is 3.37. The Morgan fingerprint density at radius 3 is 2.22 bits per heavy atom. The van der Waals surface area contributed by atoms with Gasteiger partial charge in [-0.05, 0) is 72.5 Å². The van der Waals surface area contributed by atoms with Crippen LogP contribution in [0.3, 0.4) is 0 Å². The van der Waals surface area contributed by atoms with Crippen LogP contribution in [0.15, 0.2) is 0 Å². The zero-order valence-electron chi connectivity index (χ0n) is 13.5. The molecular formula is C15H35N3. The van der Waals surface area contributed by atoms with Gasteiger partial charge in [0.05, 0.1) is 0 Å². The second kappa shape index (κ2) is 10.8. The third-order valence-corrected chi connectivity index (χ3v) is 3.37. The molecule has 0 heterocycles. The Hall–Kier alpha value is -0.120. The first-order valence-electron chi connectivity index (χ1n) is 7.56. The van der Waals surface area contributed by atoms with E-state index in [0.29, 0.717) is 6.04 Å². The van der Waals surface area contributed by atoms with Gasteiger partial charge in [0.1, 0.15) is 0 Å². The molecule has 0 aliphatic carbocycles. The van der Waals surface area contributed by atoms with E-state index in [1.54, 1.807) is 0 Å². The van der Waals surface area contributed by atoms with E-state index in [1.165, 1.54) is 32.5 Å². The number of rotatable bonds is 11. The zero-order chi connectivity index (χ0) is 14.0. The molecule has 0 rings (SSSR count). The van der Waals surface area contributed by atoms with Gasteiger partial charge in [0, 0.05) is 6.04 Å². The van der Waals surface area contributed by atoms with Crippen molar-refractivity contribution in [3.05, 3.63) is 0 Å². The van der Waals surface area contributed by atoms with Gasteiger partial charge in [-0.15, -0.1) is 0 Å². The molecule has 0 amide bonds. The average molecular weight is 257 g/mol. The van der Waals surface area contributed by atoms with Gasteiger partial charge in [-0.3, -0.25) is 0 Å². The molecule has 18 heavy (non-hydrogen) atoms. The molecule has 1 unspecified atom stereocenters. The summed E-state index contributed by atoms with van der Waals surface area (Å²) < 4.78 is 0. The molecule has 0 spiro atoms. The van der Waals surface area contributed by atoms with Gasteiger partial charge < -0.3 is 15.1 Å². The predicted octanol–water partition coefficient (Wildman–Crippen LogP) is 2.28. The van der Waals surface area contributed by atoms with Crippen molar-refractivity contribution in [2.45, 2.75) is 46.6 Å². The zero-order valence-corrected chi connectivity index (χ0v) is 13.5. The fourth-order valence-electron chi connectivity index (χ4n) is 2.16. The molecule has 0 aromatic heterocycles. The molecule has 110 valence electrons. The lowest BCUT2D eigenvalue weighted by molar-refractivity contribution is 0.198. The minimum Gasteiger partial charge on any atom is -0.316 e. The van der Waals surface area contributed by atoms with E-state index in [9.17, 15) is 0 Å². The van der Waals surface area contributed by atoms with Crippen LogP contribution < -0.4 is 5.32 Å². The highest BCUT2D eigenvalue weighted by atomic mass is 15.2. The lowest BCUT2D eigenvalue weighted by Gasteiger charge is -2.28. The van der Waals surface area contributed by atoms with Crippen molar-refractivity contribution in [1.29, 1.82) is 0 Å². The molecular weight excluding hydrogens is 222 g/mol. The summed E-state index contributed by atoms with van der Waals surface area (Å²) in [6, 6.07) is 0.692. The Labute approximate surface area is 115 Å². The molecule has 0 aliphatic rings. The summed E-state index contributed by atoms with van der Waals surface area (Å²) in [6.07, 6.45) is 2.52. The van der Waals surface area contributed by atoms with Gasteiger partial charge in [0.2, 0.25) is 0 Å².